The largest absolute Gasteiger partial charge is 0.465 e. The zero-order chi connectivity index (χ0) is 12.3. The lowest BCUT2D eigenvalue weighted by atomic mass is 10.1. The van der Waals surface area contributed by atoms with Crippen molar-refractivity contribution < 1.29 is 9.53 Å². The van der Waals surface area contributed by atoms with Crippen LogP contribution in [0.4, 0.5) is 0 Å². The lowest BCUT2D eigenvalue weighted by Crippen LogP contribution is -2.02. The number of carbonyl (C=O) groups is 1. The van der Waals surface area contributed by atoms with Gasteiger partial charge in [0.05, 0.1) is 12.7 Å². The number of hydrogen-bond donors (Lipinski definition) is 2. The van der Waals surface area contributed by atoms with Crippen LogP contribution in [0.15, 0.2) is 30.5 Å². The van der Waals surface area contributed by atoms with E-state index in [4.69, 9.17) is 4.74 Å². The Kier molecular flexibility index (Phi) is 3.54. The van der Waals surface area contributed by atoms with Gasteiger partial charge in [-0.15, -0.1) is 0 Å². The van der Waals surface area contributed by atoms with Crippen LogP contribution in [0.5, 0.6) is 0 Å². The van der Waals surface area contributed by atoms with Crippen LogP contribution >= 0.6 is 12.6 Å². The highest BCUT2D eigenvalue weighted by Gasteiger charge is 2.11. The highest BCUT2D eigenvalue weighted by atomic mass is 32.1. The molecule has 4 heteroatoms. The first-order valence-corrected chi connectivity index (χ1v) is 5.86. The number of carbonyl (C=O) groups excluding carboxylic acids is 1. The van der Waals surface area contributed by atoms with Crippen molar-refractivity contribution in [2.24, 2.45) is 0 Å². The van der Waals surface area contributed by atoms with Gasteiger partial charge in [0, 0.05) is 22.9 Å². The molecule has 0 saturated heterocycles. The summed E-state index contributed by atoms with van der Waals surface area (Å²) in [5.41, 5.74) is 2.45. The van der Waals surface area contributed by atoms with Crippen LogP contribution in [0, 0.1) is 0 Å². The number of fused-ring (bicyclic) bond motifs is 1. The second kappa shape index (κ2) is 5.10. The van der Waals surface area contributed by atoms with Crippen molar-refractivity contribution >= 4 is 35.6 Å². The third kappa shape index (κ3) is 2.36. The molecule has 2 aromatic rings. The SMILES string of the molecule is COC(=O)c1cc(C=CCS)cc2[nH]ccc12. The predicted octanol–water partition coefficient (Wildman–Crippen LogP) is 2.90. The number of aromatic nitrogens is 1. The maximum atomic E-state index is 11.7. The van der Waals surface area contributed by atoms with Crippen LogP contribution in [0.25, 0.3) is 17.0 Å². The molecular formula is C13H13NO2S. The number of thiol groups is 1. The van der Waals surface area contributed by atoms with Crippen molar-refractivity contribution in [3.63, 3.8) is 0 Å². The van der Waals surface area contributed by atoms with Gasteiger partial charge < -0.3 is 9.72 Å². The first kappa shape index (κ1) is 11.8. The molecule has 1 aromatic carbocycles. The summed E-state index contributed by atoms with van der Waals surface area (Å²) in [7, 11) is 1.39. The van der Waals surface area contributed by atoms with Crippen molar-refractivity contribution in [3.8, 4) is 0 Å². The van der Waals surface area contributed by atoms with Gasteiger partial charge in [0.15, 0.2) is 0 Å². The Morgan fingerprint density at radius 1 is 1.53 bits per heavy atom. The average molecular weight is 247 g/mol. The van der Waals surface area contributed by atoms with Crippen molar-refractivity contribution in [3.05, 3.63) is 41.6 Å². The highest BCUT2D eigenvalue weighted by Crippen LogP contribution is 2.21. The van der Waals surface area contributed by atoms with Gasteiger partial charge in [-0.3, -0.25) is 0 Å². The molecule has 1 heterocycles. The van der Waals surface area contributed by atoms with Gasteiger partial charge in [0.2, 0.25) is 0 Å². The van der Waals surface area contributed by atoms with Crippen molar-refractivity contribution in [1.29, 1.82) is 0 Å². The van der Waals surface area contributed by atoms with Crippen LogP contribution < -0.4 is 0 Å². The number of esters is 1. The summed E-state index contributed by atoms with van der Waals surface area (Å²) in [6.45, 7) is 0. The number of rotatable bonds is 3. The second-order valence-corrected chi connectivity index (χ2v) is 3.95. The average Bonchev–Trinajstić information content (AvgIpc) is 2.82. The molecule has 0 aliphatic carbocycles. The number of ether oxygens (including phenoxy) is 1. The smallest absolute Gasteiger partial charge is 0.338 e. The number of H-pyrrole nitrogens is 1. The third-order valence-electron chi connectivity index (χ3n) is 2.51. The molecule has 3 nitrogen and oxygen atoms in total. The highest BCUT2D eigenvalue weighted by molar-refractivity contribution is 7.80. The Balaban J connectivity index is 2.58. The minimum atomic E-state index is -0.323. The summed E-state index contributed by atoms with van der Waals surface area (Å²) in [4.78, 5) is 14.8. The fourth-order valence-electron chi connectivity index (χ4n) is 1.75. The molecule has 0 aliphatic rings. The van der Waals surface area contributed by atoms with E-state index in [1.807, 2.05) is 36.5 Å². The van der Waals surface area contributed by atoms with Crippen molar-refractivity contribution in [2.45, 2.75) is 0 Å². The molecule has 0 spiro atoms. The molecule has 1 N–H and O–H groups in total. The van der Waals surface area contributed by atoms with Crippen LogP contribution in [0.2, 0.25) is 0 Å². The van der Waals surface area contributed by atoms with E-state index >= 15 is 0 Å². The summed E-state index contributed by atoms with van der Waals surface area (Å²) in [6, 6.07) is 5.68. The van der Waals surface area contributed by atoms with E-state index in [2.05, 4.69) is 17.6 Å². The molecule has 0 amide bonds. The van der Waals surface area contributed by atoms with Crippen LogP contribution in [0.1, 0.15) is 15.9 Å². The van der Waals surface area contributed by atoms with Gasteiger partial charge in [-0.25, -0.2) is 4.79 Å². The minimum absolute atomic E-state index is 0.323. The van der Waals surface area contributed by atoms with E-state index in [1.165, 1.54) is 7.11 Å². The van der Waals surface area contributed by atoms with Crippen LogP contribution in [-0.4, -0.2) is 23.8 Å². The quantitative estimate of drug-likeness (QED) is 0.647. The Bertz CT molecular complexity index is 572. The molecule has 0 fully saturated rings. The maximum Gasteiger partial charge on any atom is 0.338 e. The molecule has 0 saturated carbocycles. The van der Waals surface area contributed by atoms with E-state index in [1.54, 1.807) is 0 Å². The molecule has 2 rings (SSSR count). The van der Waals surface area contributed by atoms with Gasteiger partial charge in [-0.05, 0) is 23.8 Å². The number of aromatic amines is 1. The Morgan fingerprint density at radius 3 is 3.06 bits per heavy atom. The lowest BCUT2D eigenvalue weighted by molar-refractivity contribution is 0.0603. The fourth-order valence-corrected chi connectivity index (χ4v) is 1.86. The fraction of sp³-hybridized carbons (Fsp3) is 0.154. The lowest BCUT2D eigenvalue weighted by Gasteiger charge is -2.03. The minimum Gasteiger partial charge on any atom is -0.465 e. The summed E-state index contributed by atoms with van der Waals surface area (Å²) in [6.07, 6.45) is 5.66. The van der Waals surface area contributed by atoms with Gasteiger partial charge in [-0.1, -0.05) is 12.2 Å². The monoisotopic (exact) mass is 247 g/mol. The number of nitrogens with one attached hydrogen (secondary N) is 1. The predicted molar refractivity (Wildman–Crippen MR) is 72.5 cm³/mol. The normalized spacial score (nSPS) is 11.2. The zero-order valence-corrected chi connectivity index (χ0v) is 10.3. The molecule has 0 bridgehead atoms. The van der Waals surface area contributed by atoms with Crippen molar-refractivity contribution in [1.82, 2.24) is 4.98 Å². The van der Waals surface area contributed by atoms with E-state index in [0.717, 1.165) is 16.5 Å². The van der Waals surface area contributed by atoms with Gasteiger partial charge in [0.1, 0.15) is 0 Å². The first-order valence-electron chi connectivity index (χ1n) is 5.23. The zero-order valence-electron chi connectivity index (χ0n) is 9.43. The van der Waals surface area contributed by atoms with Crippen LogP contribution in [-0.2, 0) is 4.74 Å². The molecule has 0 atom stereocenters. The number of benzene rings is 1. The molecule has 0 aliphatic heterocycles. The molecule has 0 unspecified atom stereocenters. The van der Waals surface area contributed by atoms with E-state index in [0.29, 0.717) is 11.3 Å². The Hall–Kier alpha value is -1.68. The number of hydrogen-bond acceptors (Lipinski definition) is 3. The summed E-state index contributed by atoms with van der Waals surface area (Å²) >= 11 is 4.11. The summed E-state index contributed by atoms with van der Waals surface area (Å²) in [5.74, 6) is 0.340. The van der Waals surface area contributed by atoms with Crippen molar-refractivity contribution in [2.75, 3.05) is 12.9 Å². The standard InChI is InChI=1S/C13H13NO2S/c1-16-13(15)11-7-9(3-2-6-17)8-12-10(11)4-5-14-12/h2-5,7-8,14,17H,6H2,1H3. The summed E-state index contributed by atoms with van der Waals surface area (Å²) in [5, 5.41) is 0.875. The van der Waals surface area contributed by atoms with E-state index in [9.17, 15) is 4.79 Å². The van der Waals surface area contributed by atoms with Gasteiger partial charge in [0.25, 0.3) is 0 Å². The molecule has 17 heavy (non-hydrogen) atoms. The first-order chi connectivity index (χ1) is 8.26. The Labute approximate surface area is 105 Å². The maximum absolute atomic E-state index is 11.7. The number of methoxy groups -OCH3 is 1. The van der Waals surface area contributed by atoms with Gasteiger partial charge in [-0.2, -0.15) is 12.6 Å². The second-order valence-electron chi connectivity index (χ2n) is 3.58. The van der Waals surface area contributed by atoms with E-state index in [-0.39, 0.29) is 5.97 Å². The van der Waals surface area contributed by atoms with Gasteiger partial charge >= 0.3 is 5.97 Å². The molecule has 88 valence electrons. The Morgan fingerprint density at radius 2 is 2.35 bits per heavy atom. The molecular weight excluding hydrogens is 234 g/mol. The third-order valence-corrected chi connectivity index (χ3v) is 2.72. The molecule has 1 aromatic heterocycles. The topological polar surface area (TPSA) is 42.1 Å². The van der Waals surface area contributed by atoms with E-state index < -0.39 is 0 Å². The summed E-state index contributed by atoms with van der Waals surface area (Å²) < 4.78 is 4.78. The van der Waals surface area contributed by atoms with Crippen LogP contribution in [0.3, 0.4) is 0 Å². The molecule has 0 radical (unpaired) electrons.